The highest BCUT2D eigenvalue weighted by Gasteiger charge is 2.18. The number of benzene rings is 2. The molecule has 1 heterocycles. The van der Waals surface area contributed by atoms with Gasteiger partial charge in [0.1, 0.15) is 6.67 Å². The molecule has 3 aromatic rings. The first-order valence-corrected chi connectivity index (χ1v) is 11.3. The Morgan fingerprint density at radius 2 is 1.71 bits per heavy atom. The lowest BCUT2D eigenvalue weighted by Crippen LogP contribution is -2.19. The number of pyridine rings is 1. The summed E-state index contributed by atoms with van der Waals surface area (Å²) in [6.45, 7) is 3.60. The number of rotatable bonds is 10. The van der Waals surface area contributed by atoms with Gasteiger partial charge in [0.25, 0.3) is 0 Å². The molecule has 0 saturated carbocycles. The average Bonchev–Trinajstić information content (AvgIpc) is 2.82. The van der Waals surface area contributed by atoms with Crippen LogP contribution < -0.4 is 0 Å². The molecule has 0 amide bonds. The van der Waals surface area contributed by atoms with Crippen LogP contribution in [0.1, 0.15) is 49.3 Å². The Balaban J connectivity index is 2.09. The first-order valence-electron chi connectivity index (χ1n) is 11.3. The van der Waals surface area contributed by atoms with Gasteiger partial charge >= 0.3 is 5.97 Å². The largest absolute Gasteiger partial charge is 0.481 e. The summed E-state index contributed by atoms with van der Waals surface area (Å²) in [5.41, 5.74) is 5.71. The van der Waals surface area contributed by atoms with E-state index in [4.69, 9.17) is 10.1 Å². The van der Waals surface area contributed by atoms with Crippen LogP contribution in [0.25, 0.3) is 28.6 Å². The van der Waals surface area contributed by atoms with Crippen LogP contribution in [0.15, 0.2) is 66.7 Å². The molecule has 5 nitrogen and oxygen atoms in total. The molecule has 0 unspecified atom stereocenters. The molecule has 3 rings (SSSR count). The van der Waals surface area contributed by atoms with E-state index in [2.05, 4.69) is 13.8 Å². The zero-order valence-corrected chi connectivity index (χ0v) is 19.4. The van der Waals surface area contributed by atoms with E-state index in [0.717, 1.165) is 27.9 Å². The van der Waals surface area contributed by atoms with Crippen molar-refractivity contribution in [1.82, 2.24) is 4.98 Å². The van der Waals surface area contributed by atoms with E-state index in [1.807, 2.05) is 48.5 Å². The van der Waals surface area contributed by atoms with Gasteiger partial charge in [-0.25, -0.2) is 9.37 Å². The van der Waals surface area contributed by atoms with Crippen LogP contribution in [0.3, 0.4) is 0 Å². The van der Waals surface area contributed by atoms with E-state index < -0.39 is 31.3 Å². The predicted octanol–water partition coefficient (Wildman–Crippen LogP) is 5.61. The lowest BCUT2D eigenvalue weighted by atomic mass is 9.91. The van der Waals surface area contributed by atoms with Gasteiger partial charge in [-0.1, -0.05) is 80.6 Å². The molecule has 0 fully saturated rings. The van der Waals surface area contributed by atoms with Crippen molar-refractivity contribution in [2.24, 2.45) is 0 Å². The third-order valence-electron chi connectivity index (χ3n) is 5.57. The molecule has 0 radical (unpaired) electrons. The van der Waals surface area contributed by atoms with Crippen LogP contribution in [-0.4, -0.2) is 38.5 Å². The fraction of sp³-hybridized carbons (Fsp3) is 0.286. The van der Waals surface area contributed by atoms with Crippen LogP contribution >= 0.6 is 0 Å². The fourth-order valence-corrected chi connectivity index (χ4v) is 3.81. The first-order chi connectivity index (χ1) is 16.3. The van der Waals surface area contributed by atoms with E-state index in [-0.39, 0.29) is 12.3 Å². The summed E-state index contributed by atoms with van der Waals surface area (Å²) in [7, 11) is 0. The first kappa shape index (κ1) is 25.3. The Bertz CT molecular complexity index is 1130. The van der Waals surface area contributed by atoms with Gasteiger partial charge in [0.05, 0.1) is 30.0 Å². The number of aromatic nitrogens is 1. The van der Waals surface area contributed by atoms with E-state index in [1.165, 1.54) is 0 Å². The molecule has 0 aliphatic heterocycles. The van der Waals surface area contributed by atoms with E-state index in [9.17, 15) is 19.4 Å². The van der Waals surface area contributed by atoms with Crippen LogP contribution in [0, 0.1) is 0 Å². The maximum absolute atomic E-state index is 13.1. The third-order valence-corrected chi connectivity index (χ3v) is 5.57. The Labute approximate surface area is 199 Å². The predicted molar refractivity (Wildman–Crippen MR) is 132 cm³/mol. The molecule has 0 aliphatic carbocycles. The van der Waals surface area contributed by atoms with Gasteiger partial charge in [-0.3, -0.25) is 4.79 Å². The van der Waals surface area contributed by atoms with Gasteiger partial charge in [-0.05, 0) is 23.1 Å². The minimum absolute atomic E-state index is 0.0874. The van der Waals surface area contributed by atoms with Gasteiger partial charge in [-0.15, -0.1) is 0 Å². The van der Waals surface area contributed by atoms with Crippen molar-refractivity contribution < 1.29 is 24.5 Å². The molecule has 2 aromatic carbocycles. The van der Waals surface area contributed by atoms with Crippen LogP contribution in [0.4, 0.5) is 4.39 Å². The van der Waals surface area contributed by atoms with Crippen molar-refractivity contribution in [3.63, 3.8) is 0 Å². The maximum atomic E-state index is 13.1. The molecule has 0 spiro atoms. The standard InChI is InChI=1S/C28H30FNO4/c1-18(2)25-16-26(20-6-4-3-5-7-20)30-28(21-10-8-19(17-29)9-11-21)24(25)13-12-22(31)14-23(32)15-27(33)34/h3-13,16,18,22-23,31-32H,14-15,17H2,1-2H3,(H,33,34)/b13-12+/t22-,23-/m1/s1. The van der Waals surface area contributed by atoms with E-state index in [0.29, 0.717) is 11.3 Å². The Kier molecular flexibility index (Phi) is 8.68. The smallest absolute Gasteiger partial charge is 0.305 e. The highest BCUT2D eigenvalue weighted by molar-refractivity contribution is 5.78. The zero-order chi connectivity index (χ0) is 24.7. The summed E-state index contributed by atoms with van der Waals surface area (Å²) >= 11 is 0. The third kappa shape index (κ3) is 6.59. The maximum Gasteiger partial charge on any atom is 0.305 e. The van der Waals surface area contributed by atoms with Gasteiger partial charge in [-0.2, -0.15) is 0 Å². The molecule has 0 saturated heterocycles. The Hall–Kier alpha value is -3.35. The molecule has 0 bridgehead atoms. The number of halogens is 1. The molecule has 6 heteroatoms. The summed E-state index contributed by atoms with van der Waals surface area (Å²) in [4.78, 5) is 15.7. The average molecular weight is 464 g/mol. The van der Waals surface area contributed by atoms with Gasteiger partial charge in [0.15, 0.2) is 0 Å². The molecule has 1 aromatic heterocycles. The molecular formula is C28H30FNO4. The number of hydrogen-bond donors (Lipinski definition) is 3. The van der Waals surface area contributed by atoms with Crippen LogP contribution in [0.2, 0.25) is 0 Å². The summed E-state index contributed by atoms with van der Waals surface area (Å²) in [5, 5.41) is 29.1. The van der Waals surface area contributed by atoms with Crippen LogP contribution in [0.5, 0.6) is 0 Å². The minimum atomic E-state index is -1.15. The highest BCUT2D eigenvalue weighted by Crippen LogP contribution is 2.34. The topological polar surface area (TPSA) is 90.7 Å². The van der Waals surface area contributed by atoms with Gasteiger partial charge < -0.3 is 15.3 Å². The number of hydrogen-bond acceptors (Lipinski definition) is 4. The lowest BCUT2D eigenvalue weighted by Gasteiger charge is -2.18. The molecule has 0 aliphatic rings. The molecule has 178 valence electrons. The lowest BCUT2D eigenvalue weighted by molar-refractivity contribution is -0.139. The van der Waals surface area contributed by atoms with E-state index >= 15 is 0 Å². The second-order valence-electron chi connectivity index (χ2n) is 8.62. The highest BCUT2D eigenvalue weighted by atomic mass is 19.1. The van der Waals surface area contributed by atoms with Crippen molar-refractivity contribution in [3.05, 3.63) is 83.4 Å². The molecular weight excluding hydrogens is 433 g/mol. The summed E-state index contributed by atoms with van der Waals surface area (Å²) in [6.07, 6.45) is 0.638. The number of aliphatic hydroxyl groups is 2. The quantitative estimate of drug-likeness (QED) is 0.364. The number of carboxylic acids is 1. The minimum Gasteiger partial charge on any atom is -0.481 e. The van der Waals surface area contributed by atoms with Crippen molar-refractivity contribution >= 4 is 12.0 Å². The number of carbonyl (C=O) groups is 1. The number of aliphatic hydroxyl groups excluding tert-OH is 2. The SMILES string of the molecule is CC(C)c1cc(-c2ccccc2)nc(-c2ccc(CF)cc2)c1/C=C/[C@@H](O)C[C@@H](O)CC(=O)O. The Morgan fingerprint density at radius 3 is 2.29 bits per heavy atom. The summed E-state index contributed by atoms with van der Waals surface area (Å²) < 4.78 is 13.1. The molecule has 34 heavy (non-hydrogen) atoms. The number of aliphatic carboxylic acids is 1. The van der Waals surface area contributed by atoms with Crippen molar-refractivity contribution in [2.75, 3.05) is 0 Å². The summed E-state index contributed by atoms with van der Waals surface area (Å²) in [5.74, 6) is -0.978. The second kappa shape index (κ2) is 11.7. The van der Waals surface area contributed by atoms with Crippen LogP contribution in [-0.2, 0) is 11.5 Å². The molecule has 2 atom stereocenters. The van der Waals surface area contributed by atoms with Gasteiger partial charge in [0, 0.05) is 23.1 Å². The Morgan fingerprint density at radius 1 is 1.03 bits per heavy atom. The second-order valence-corrected chi connectivity index (χ2v) is 8.62. The monoisotopic (exact) mass is 463 g/mol. The number of nitrogens with zero attached hydrogens (tertiary/aromatic N) is 1. The fourth-order valence-electron chi connectivity index (χ4n) is 3.81. The number of alkyl halides is 1. The number of carboxylic acid groups (broad SMARTS) is 1. The normalized spacial score (nSPS) is 13.4. The van der Waals surface area contributed by atoms with Crippen molar-refractivity contribution in [2.45, 2.75) is 51.5 Å². The van der Waals surface area contributed by atoms with Crippen molar-refractivity contribution in [3.8, 4) is 22.5 Å². The summed E-state index contributed by atoms with van der Waals surface area (Å²) in [6, 6.07) is 19.0. The van der Waals surface area contributed by atoms with Crippen molar-refractivity contribution in [1.29, 1.82) is 0 Å². The van der Waals surface area contributed by atoms with E-state index in [1.54, 1.807) is 24.3 Å². The van der Waals surface area contributed by atoms with Gasteiger partial charge in [0.2, 0.25) is 0 Å². The molecule has 3 N–H and O–H groups in total. The zero-order valence-electron chi connectivity index (χ0n) is 19.4.